The van der Waals surface area contributed by atoms with Crippen LogP contribution in [0.1, 0.15) is 0 Å². The molecule has 0 fully saturated rings. The van der Waals surface area contributed by atoms with Gasteiger partial charge in [0, 0.05) is 7.11 Å². The first-order valence-electron chi connectivity index (χ1n) is 2.85. The van der Waals surface area contributed by atoms with E-state index in [0.717, 1.165) is 0 Å². The second-order valence-electron chi connectivity index (χ2n) is 1.51. The Morgan fingerprint density at radius 1 is 1.11 bits per heavy atom. The minimum absolute atomic E-state index is 0.545. The van der Waals surface area contributed by atoms with Crippen LogP contribution in [-0.2, 0) is 14.3 Å². The summed E-state index contributed by atoms with van der Waals surface area (Å²) in [5.41, 5.74) is 0. The third-order valence-electron chi connectivity index (χ3n) is 0.804. The number of hydrogen-bond acceptors (Lipinski definition) is 3. The van der Waals surface area contributed by atoms with Gasteiger partial charge in [0.2, 0.25) is 0 Å². The van der Waals surface area contributed by atoms with Gasteiger partial charge in [0.1, 0.15) is 6.61 Å². The minimum Gasteiger partial charge on any atom is -0.382 e. The lowest BCUT2D eigenvalue weighted by atomic mass is 10.7. The van der Waals surface area contributed by atoms with Crippen LogP contribution < -0.4 is 5.90 Å². The van der Waals surface area contributed by atoms with E-state index in [9.17, 15) is 0 Å². The molecule has 56 valence electrons. The molecule has 0 saturated heterocycles. The van der Waals surface area contributed by atoms with Crippen LogP contribution in [0.5, 0.6) is 0 Å². The van der Waals surface area contributed by atoms with Crippen molar-refractivity contribution in [2.45, 2.75) is 0 Å². The van der Waals surface area contributed by atoms with Crippen molar-refractivity contribution in [1.82, 2.24) is 0 Å². The standard InChI is InChI=1S/C5H14NO3/c1-7-2-3-8-4-5-9-6/h2-5H2,1,6H3/q+1. The average Bonchev–Trinajstić information content (AvgIpc) is 1.89. The fraction of sp³-hybridized carbons (Fsp3) is 1.00. The molecule has 0 atom stereocenters. The van der Waals surface area contributed by atoms with E-state index in [1.165, 1.54) is 0 Å². The molecule has 0 spiro atoms. The van der Waals surface area contributed by atoms with Crippen molar-refractivity contribution in [2.24, 2.45) is 0 Å². The third-order valence-corrected chi connectivity index (χ3v) is 0.804. The van der Waals surface area contributed by atoms with Gasteiger partial charge in [-0.25, -0.2) is 10.7 Å². The zero-order chi connectivity index (χ0) is 6.95. The smallest absolute Gasteiger partial charge is 0.129 e. The van der Waals surface area contributed by atoms with Crippen molar-refractivity contribution in [3.05, 3.63) is 0 Å². The summed E-state index contributed by atoms with van der Waals surface area (Å²) in [6.45, 7) is 2.40. The van der Waals surface area contributed by atoms with Gasteiger partial charge in [0.05, 0.1) is 19.8 Å². The van der Waals surface area contributed by atoms with Gasteiger partial charge in [0.15, 0.2) is 0 Å². The Morgan fingerprint density at radius 3 is 2.33 bits per heavy atom. The summed E-state index contributed by atoms with van der Waals surface area (Å²) in [6, 6.07) is 0. The topological polar surface area (TPSA) is 55.3 Å². The first kappa shape index (κ1) is 8.84. The van der Waals surface area contributed by atoms with E-state index in [1.54, 1.807) is 7.11 Å². The third kappa shape index (κ3) is 7.84. The van der Waals surface area contributed by atoms with E-state index in [-0.39, 0.29) is 0 Å². The van der Waals surface area contributed by atoms with Crippen LogP contribution in [0.25, 0.3) is 0 Å². The van der Waals surface area contributed by atoms with E-state index in [1.807, 2.05) is 0 Å². The van der Waals surface area contributed by atoms with Gasteiger partial charge in [-0.2, -0.15) is 0 Å². The summed E-state index contributed by atoms with van der Waals surface area (Å²) >= 11 is 0. The predicted octanol–water partition coefficient (Wildman–Crippen LogP) is -1.18. The van der Waals surface area contributed by atoms with Crippen molar-refractivity contribution < 1.29 is 20.2 Å². The summed E-state index contributed by atoms with van der Waals surface area (Å²) in [5.74, 6) is 3.19. The zero-order valence-corrected chi connectivity index (χ0v) is 5.76. The summed E-state index contributed by atoms with van der Waals surface area (Å²) < 4.78 is 9.77. The molecule has 0 aromatic rings. The SMILES string of the molecule is COCCOCCO[NH3+]. The van der Waals surface area contributed by atoms with Crippen LogP contribution in [-0.4, -0.2) is 33.5 Å². The van der Waals surface area contributed by atoms with Gasteiger partial charge in [-0.05, 0) is 0 Å². The maximum absolute atomic E-state index is 5.02. The Labute approximate surface area is 54.8 Å². The predicted molar refractivity (Wildman–Crippen MR) is 31.5 cm³/mol. The summed E-state index contributed by atoms with van der Waals surface area (Å²) in [7, 11) is 1.64. The maximum atomic E-state index is 5.02. The molecule has 3 N–H and O–H groups in total. The summed E-state index contributed by atoms with van der Waals surface area (Å²) in [6.07, 6.45) is 0. The molecule has 0 aliphatic rings. The molecule has 0 aromatic carbocycles. The van der Waals surface area contributed by atoms with Crippen LogP contribution >= 0.6 is 0 Å². The van der Waals surface area contributed by atoms with Crippen molar-refractivity contribution in [2.75, 3.05) is 33.5 Å². The van der Waals surface area contributed by atoms with Gasteiger partial charge in [-0.3, -0.25) is 0 Å². The second-order valence-corrected chi connectivity index (χ2v) is 1.51. The van der Waals surface area contributed by atoms with Gasteiger partial charge >= 0.3 is 0 Å². The molecule has 0 radical (unpaired) electrons. The Kier molecular flexibility index (Phi) is 7.70. The molecule has 0 unspecified atom stereocenters. The fourth-order valence-electron chi connectivity index (χ4n) is 0.362. The molecule has 4 nitrogen and oxygen atoms in total. The highest BCUT2D eigenvalue weighted by atomic mass is 16.6. The molecule has 0 heterocycles. The number of methoxy groups -OCH3 is 1. The van der Waals surface area contributed by atoms with Crippen LogP contribution in [0, 0.1) is 0 Å². The Hall–Kier alpha value is -0.160. The first-order valence-corrected chi connectivity index (χ1v) is 2.85. The lowest BCUT2D eigenvalue weighted by molar-refractivity contribution is -0.689. The van der Waals surface area contributed by atoms with Crippen molar-refractivity contribution in [1.29, 1.82) is 0 Å². The summed E-state index contributed by atoms with van der Waals surface area (Å²) in [5, 5.41) is 0. The first-order chi connectivity index (χ1) is 4.41. The highest BCUT2D eigenvalue weighted by Crippen LogP contribution is 1.74. The second kappa shape index (κ2) is 7.84. The van der Waals surface area contributed by atoms with Crippen LogP contribution in [0.15, 0.2) is 0 Å². The molecule has 0 aliphatic heterocycles. The fourth-order valence-corrected chi connectivity index (χ4v) is 0.362. The van der Waals surface area contributed by atoms with E-state index in [4.69, 9.17) is 9.47 Å². The molecule has 9 heavy (non-hydrogen) atoms. The van der Waals surface area contributed by atoms with E-state index < -0.39 is 0 Å². The molecular weight excluding hydrogens is 122 g/mol. The molecule has 0 aromatic heterocycles. The van der Waals surface area contributed by atoms with Gasteiger partial charge in [0.25, 0.3) is 0 Å². The van der Waals surface area contributed by atoms with Crippen LogP contribution in [0.2, 0.25) is 0 Å². The lowest BCUT2D eigenvalue weighted by Crippen LogP contribution is -2.49. The maximum Gasteiger partial charge on any atom is 0.129 e. The van der Waals surface area contributed by atoms with Gasteiger partial charge in [-0.1, -0.05) is 0 Å². The molecule has 0 saturated carbocycles. The Bertz CT molecular complexity index is 45.5. The monoisotopic (exact) mass is 136 g/mol. The van der Waals surface area contributed by atoms with E-state index >= 15 is 0 Å². The zero-order valence-electron chi connectivity index (χ0n) is 5.76. The number of hydrogen-bond donors (Lipinski definition) is 1. The molecule has 0 rings (SSSR count). The Morgan fingerprint density at radius 2 is 1.78 bits per heavy atom. The highest BCUT2D eigenvalue weighted by molar-refractivity contribution is 4.27. The minimum atomic E-state index is 0.545. The van der Waals surface area contributed by atoms with Crippen molar-refractivity contribution in [3.63, 3.8) is 0 Å². The lowest BCUT2D eigenvalue weighted by Gasteiger charge is -1.99. The van der Waals surface area contributed by atoms with E-state index in [2.05, 4.69) is 10.7 Å². The molecule has 0 bridgehead atoms. The highest BCUT2D eigenvalue weighted by Gasteiger charge is 1.86. The van der Waals surface area contributed by atoms with Crippen molar-refractivity contribution >= 4 is 0 Å². The molecule has 0 amide bonds. The quantitative estimate of drug-likeness (QED) is 0.369. The van der Waals surface area contributed by atoms with E-state index in [0.29, 0.717) is 26.4 Å². The number of rotatable bonds is 6. The molecule has 4 heteroatoms. The molecular formula is C5H14NO3+. The number of quaternary nitrogens is 1. The summed E-state index contributed by atoms with van der Waals surface area (Å²) in [4.78, 5) is 4.51. The van der Waals surface area contributed by atoms with Crippen molar-refractivity contribution in [3.8, 4) is 0 Å². The van der Waals surface area contributed by atoms with Gasteiger partial charge in [-0.15, -0.1) is 0 Å². The molecule has 0 aliphatic carbocycles. The average molecular weight is 136 g/mol. The normalized spacial score (nSPS) is 10.0. The largest absolute Gasteiger partial charge is 0.382 e. The van der Waals surface area contributed by atoms with Gasteiger partial charge < -0.3 is 9.47 Å². The van der Waals surface area contributed by atoms with Crippen LogP contribution in [0.4, 0.5) is 0 Å². The Balaban J connectivity index is 2.60. The number of ether oxygens (including phenoxy) is 2. The van der Waals surface area contributed by atoms with Crippen LogP contribution in [0.3, 0.4) is 0 Å².